The summed E-state index contributed by atoms with van der Waals surface area (Å²) >= 11 is 1.30. The van der Waals surface area contributed by atoms with Crippen LogP contribution in [0, 0.1) is 6.92 Å². The molecule has 0 aliphatic rings. The first kappa shape index (κ1) is 16.1. The molecule has 116 valence electrons. The molecule has 0 aliphatic heterocycles. The Hall–Kier alpha value is -1.29. The minimum Gasteiger partial charge on any atom is -0.321 e. The number of hydrogen-bond acceptors (Lipinski definition) is 6. The number of nitrogens with zero attached hydrogens (tertiary/aromatic N) is 3. The van der Waals surface area contributed by atoms with Crippen LogP contribution in [-0.2, 0) is 30.0 Å². The smallest absolute Gasteiger partial charge is 0.250 e. The Morgan fingerprint density at radius 1 is 1.43 bits per heavy atom. The molecule has 0 unspecified atom stereocenters. The highest BCUT2D eigenvalue weighted by Gasteiger charge is 2.18. The van der Waals surface area contributed by atoms with Gasteiger partial charge in [-0.2, -0.15) is 0 Å². The molecule has 7 nitrogen and oxygen atoms in total. The zero-order chi connectivity index (χ0) is 15.5. The maximum Gasteiger partial charge on any atom is 0.250 e. The molecular weight excluding hydrogens is 310 g/mol. The van der Waals surface area contributed by atoms with E-state index in [9.17, 15) is 8.42 Å². The van der Waals surface area contributed by atoms with E-state index in [0.29, 0.717) is 23.7 Å². The van der Waals surface area contributed by atoms with E-state index in [1.165, 1.54) is 11.3 Å². The van der Waals surface area contributed by atoms with Crippen LogP contribution < -0.4 is 10.0 Å². The van der Waals surface area contributed by atoms with Crippen LogP contribution in [0.3, 0.4) is 0 Å². The number of sulfonamides is 1. The summed E-state index contributed by atoms with van der Waals surface area (Å²) in [5.74, 6) is 0.746. The van der Waals surface area contributed by atoms with E-state index in [-0.39, 0.29) is 0 Å². The van der Waals surface area contributed by atoms with Gasteiger partial charge in [-0.05, 0) is 25.6 Å². The summed E-state index contributed by atoms with van der Waals surface area (Å²) in [4.78, 5) is 1.03. The van der Waals surface area contributed by atoms with Crippen LogP contribution in [-0.4, -0.2) is 36.8 Å². The predicted molar refractivity (Wildman–Crippen MR) is 81.7 cm³/mol. The van der Waals surface area contributed by atoms with Gasteiger partial charge < -0.3 is 9.88 Å². The summed E-state index contributed by atoms with van der Waals surface area (Å²) in [7, 11) is 0.207. The van der Waals surface area contributed by atoms with Gasteiger partial charge in [-0.1, -0.05) is 0 Å². The molecule has 2 rings (SSSR count). The van der Waals surface area contributed by atoms with Crippen LogP contribution in [0.1, 0.15) is 16.3 Å². The SMILES string of the molecule is CNCc1sc(S(=O)(=O)NCCc2nncn2C)cc1C. The lowest BCUT2D eigenvalue weighted by Gasteiger charge is -2.04. The molecule has 0 radical (unpaired) electrons. The fraction of sp³-hybridized carbons (Fsp3) is 0.500. The van der Waals surface area contributed by atoms with E-state index in [1.54, 1.807) is 17.0 Å². The van der Waals surface area contributed by atoms with Gasteiger partial charge in [0.2, 0.25) is 10.0 Å². The minimum absolute atomic E-state index is 0.299. The predicted octanol–water partition coefficient (Wildman–Crippen LogP) is 0.425. The van der Waals surface area contributed by atoms with Gasteiger partial charge in [-0.25, -0.2) is 13.1 Å². The molecule has 2 aromatic rings. The van der Waals surface area contributed by atoms with Crippen molar-refractivity contribution >= 4 is 21.4 Å². The largest absolute Gasteiger partial charge is 0.321 e. The van der Waals surface area contributed by atoms with Crippen molar-refractivity contribution in [2.45, 2.75) is 24.1 Å². The van der Waals surface area contributed by atoms with Gasteiger partial charge in [0.25, 0.3) is 0 Å². The van der Waals surface area contributed by atoms with Crippen molar-refractivity contribution in [2.24, 2.45) is 7.05 Å². The lowest BCUT2D eigenvalue weighted by molar-refractivity contribution is 0.582. The van der Waals surface area contributed by atoms with Crippen LogP contribution >= 0.6 is 11.3 Å². The van der Waals surface area contributed by atoms with Gasteiger partial charge in [0.15, 0.2) is 0 Å². The van der Waals surface area contributed by atoms with E-state index >= 15 is 0 Å². The van der Waals surface area contributed by atoms with E-state index < -0.39 is 10.0 Å². The third-order valence-corrected chi connectivity index (χ3v) is 6.22. The van der Waals surface area contributed by atoms with Gasteiger partial charge in [0.05, 0.1) is 0 Å². The van der Waals surface area contributed by atoms with Gasteiger partial charge in [-0.3, -0.25) is 0 Å². The average molecular weight is 329 g/mol. The Kier molecular flexibility index (Phi) is 5.09. The van der Waals surface area contributed by atoms with Crippen LogP contribution in [0.4, 0.5) is 0 Å². The highest BCUT2D eigenvalue weighted by atomic mass is 32.2. The summed E-state index contributed by atoms with van der Waals surface area (Å²) in [6.07, 6.45) is 2.10. The Labute approximate surface area is 128 Å². The zero-order valence-corrected chi connectivity index (χ0v) is 13.9. The highest BCUT2D eigenvalue weighted by molar-refractivity contribution is 7.91. The molecule has 2 heterocycles. The van der Waals surface area contributed by atoms with Gasteiger partial charge in [-0.15, -0.1) is 21.5 Å². The molecule has 0 atom stereocenters. The first-order valence-electron chi connectivity index (χ1n) is 6.50. The summed E-state index contributed by atoms with van der Waals surface area (Å²) in [6.45, 7) is 2.89. The molecule has 0 aromatic carbocycles. The number of aryl methyl sites for hydroxylation is 2. The monoisotopic (exact) mass is 329 g/mol. The third kappa shape index (κ3) is 3.88. The molecule has 0 bridgehead atoms. The summed E-state index contributed by atoms with van der Waals surface area (Å²) in [5, 5.41) is 10.7. The first-order valence-corrected chi connectivity index (χ1v) is 8.80. The van der Waals surface area contributed by atoms with E-state index in [4.69, 9.17) is 0 Å². The third-order valence-electron chi connectivity index (χ3n) is 3.05. The molecule has 0 amide bonds. The molecule has 2 N–H and O–H groups in total. The maximum absolute atomic E-state index is 12.3. The van der Waals surface area contributed by atoms with Crippen LogP contribution in [0.2, 0.25) is 0 Å². The van der Waals surface area contributed by atoms with Gasteiger partial charge in [0, 0.05) is 31.4 Å². The topological polar surface area (TPSA) is 88.9 Å². The normalized spacial score (nSPS) is 12.0. The lowest BCUT2D eigenvalue weighted by Crippen LogP contribution is -2.26. The second kappa shape index (κ2) is 6.65. The molecule has 21 heavy (non-hydrogen) atoms. The fourth-order valence-electron chi connectivity index (χ4n) is 1.86. The highest BCUT2D eigenvalue weighted by Crippen LogP contribution is 2.25. The summed E-state index contributed by atoms with van der Waals surface area (Å²) in [6, 6.07) is 1.71. The van der Waals surface area contributed by atoms with Gasteiger partial charge in [0.1, 0.15) is 16.4 Å². The molecule has 2 aromatic heterocycles. The van der Waals surface area contributed by atoms with Crippen molar-refractivity contribution in [3.8, 4) is 0 Å². The Morgan fingerprint density at radius 3 is 2.81 bits per heavy atom. The minimum atomic E-state index is -3.46. The first-order chi connectivity index (χ1) is 9.94. The quantitative estimate of drug-likeness (QED) is 0.769. The van der Waals surface area contributed by atoms with E-state index in [1.807, 2.05) is 21.0 Å². The average Bonchev–Trinajstić information content (AvgIpc) is 2.98. The second-order valence-electron chi connectivity index (χ2n) is 4.71. The molecule has 0 spiro atoms. The Balaban J connectivity index is 2.01. The van der Waals surface area contributed by atoms with Crippen molar-refractivity contribution < 1.29 is 8.42 Å². The molecule has 9 heteroatoms. The second-order valence-corrected chi connectivity index (χ2v) is 7.84. The Bertz CT molecular complexity index is 705. The van der Waals surface area contributed by atoms with E-state index in [0.717, 1.165) is 16.3 Å². The van der Waals surface area contributed by atoms with Crippen LogP contribution in [0.25, 0.3) is 0 Å². The van der Waals surface area contributed by atoms with Crippen molar-refractivity contribution in [2.75, 3.05) is 13.6 Å². The lowest BCUT2D eigenvalue weighted by atomic mass is 10.3. The molecule has 0 aliphatic carbocycles. The molecule has 0 saturated carbocycles. The van der Waals surface area contributed by atoms with Crippen molar-refractivity contribution in [3.63, 3.8) is 0 Å². The van der Waals surface area contributed by atoms with Crippen LogP contribution in [0.15, 0.2) is 16.6 Å². The molecule has 0 saturated heterocycles. The summed E-state index contributed by atoms with van der Waals surface area (Å²) in [5.41, 5.74) is 0.989. The van der Waals surface area contributed by atoms with Crippen LogP contribution in [0.5, 0.6) is 0 Å². The number of rotatable bonds is 7. The number of nitrogens with one attached hydrogen (secondary N) is 2. The summed E-state index contributed by atoms with van der Waals surface area (Å²) < 4.78 is 29.2. The van der Waals surface area contributed by atoms with Gasteiger partial charge >= 0.3 is 0 Å². The number of thiophene rings is 1. The van der Waals surface area contributed by atoms with E-state index in [2.05, 4.69) is 20.2 Å². The number of aromatic nitrogens is 3. The number of hydrogen-bond donors (Lipinski definition) is 2. The van der Waals surface area contributed by atoms with Crippen molar-refractivity contribution in [3.05, 3.63) is 28.7 Å². The van der Waals surface area contributed by atoms with Crippen molar-refractivity contribution in [1.82, 2.24) is 24.8 Å². The van der Waals surface area contributed by atoms with Crippen molar-refractivity contribution in [1.29, 1.82) is 0 Å². The molecular formula is C12H19N5O2S2. The fourth-order valence-corrected chi connectivity index (χ4v) is 4.54. The zero-order valence-electron chi connectivity index (χ0n) is 12.3. The standard InChI is InChI=1S/C12H19N5O2S2/c1-9-6-12(20-10(9)7-13-2)21(18,19)15-5-4-11-16-14-8-17(11)3/h6,8,13,15H,4-5,7H2,1-3H3. The maximum atomic E-state index is 12.3. The Morgan fingerprint density at radius 2 is 2.19 bits per heavy atom. The molecule has 0 fully saturated rings.